The summed E-state index contributed by atoms with van der Waals surface area (Å²) in [5.74, 6) is 0. The van der Waals surface area contributed by atoms with Gasteiger partial charge in [-0.2, -0.15) is 0 Å². The van der Waals surface area contributed by atoms with E-state index in [1.807, 2.05) is 40.7 Å². The summed E-state index contributed by atoms with van der Waals surface area (Å²) >= 11 is 0. The third-order valence-corrected chi connectivity index (χ3v) is 1.69. The predicted octanol–water partition coefficient (Wildman–Crippen LogP) is 4.70. The van der Waals surface area contributed by atoms with Crippen LogP contribution in [0.2, 0.25) is 0 Å². The molecule has 0 radical (unpaired) electrons. The molecular formula is C14H23N. The van der Waals surface area contributed by atoms with Gasteiger partial charge in [-0.15, -0.1) is 0 Å². The van der Waals surface area contributed by atoms with E-state index in [4.69, 9.17) is 0 Å². The lowest BCUT2D eigenvalue weighted by Gasteiger charge is -1.99. The number of hydrogen-bond acceptors (Lipinski definition) is 1. The standard InChI is InChI=1S/C12H17N.C2H6/c1-6-8-13-12(5)11(4)9-10(3)7-2;1-2/h6-9H,1,5H2,2-4H3;1-2H3/b10-7-,11-9-,13-8?;. The molecule has 0 atom stereocenters. The van der Waals surface area contributed by atoms with Gasteiger partial charge in [-0.25, -0.2) is 0 Å². The van der Waals surface area contributed by atoms with Crippen LogP contribution in [0.25, 0.3) is 0 Å². The zero-order chi connectivity index (χ0) is 12.3. The molecule has 0 aromatic heterocycles. The van der Waals surface area contributed by atoms with Crippen molar-refractivity contribution in [3.63, 3.8) is 0 Å². The largest absolute Gasteiger partial charge is 0.257 e. The molecule has 0 aliphatic rings. The first-order valence-corrected chi connectivity index (χ1v) is 5.27. The van der Waals surface area contributed by atoms with Crippen molar-refractivity contribution in [1.29, 1.82) is 0 Å². The van der Waals surface area contributed by atoms with Crippen molar-refractivity contribution in [3.05, 3.63) is 48.2 Å². The number of nitrogens with zero attached hydrogens (tertiary/aromatic N) is 1. The minimum absolute atomic E-state index is 0.779. The monoisotopic (exact) mass is 205 g/mol. The molecule has 0 heterocycles. The maximum absolute atomic E-state index is 4.10. The van der Waals surface area contributed by atoms with Crippen LogP contribution in [0.4, 0.5) is 0 Å². The zero-order valence-electron chi connectivity index (χ0n) is 10.7. The summed E-state index contributed by atoms with van der Waals surface area (Å²) in [6.45, 7) is 17.4. The molecule has 0 bridgehead atoms. The fourth-order valence-corrected chi connectivity index (χ4v) is 0.753. The SMILES string of the molecule is C=CC=NC(=C)/C(C)=C\C(C)=C/C.CC. The Hall–Kier alpha value is -1.37. The maximum Gasteiger partial charge on any atom is 0.0587 e. The third-order valence-electron chi connectivity index (χ3n) is 1.69. The Labute approximate surface area is 94.6 Å². The van der Waals surface area contributed by atoms with E-state index < -0.39 is 0 Å². The normalized spacial score (nSPS) is 12.1. The fourth-order valence-electron chi connectivity index (χ4n) is 0.753. The Morgan fingerprint density at radius 3 is 2.13 bits per heavy atom. The van der Waals surface area contributed by atoms with Gasteiger partial charge in [-0.3, -0.25) is 4.99 Å². The third kappa shape index (κ3) is 8.95. The van der Waals surface area contributed by atoms with Crippen LogP contribution in [-0.2, 0) is 0 Å². The van der Waals surface area contributed by atoms with E-state index >= 15 is 0 Å². The molecule has 0 unspecified atom stereocenters. The lowest BCUT2D eigenvalue weighted by atomic mass is 10.1. The van der Waals surface area contributed by atoms with Crippen LogP contribution in [0.5, 0.6) is 0 Å². The van der Waals surface area contributed by atoms with Gasteiger partial charge < -0.3 is 0 Å². The molecule has 1 heteroatoms. The second-order valence-corrected chi connectivity index (χ2v) is 2.82. The summed E-state index contributed by atoms with van der Waals surface area (Å²) in [5.41, 5.74) is 3.07. The van der Waals surface area contributed by atoms with Gasteiger partial charge in [-0.1, -0.05) is 50.8 Å². The van der Waals surface area contributed by atoms with Crippen LogP contribution in [0.3, 0.4) is 0 Å². The first-order chi connectivity index (χ1) is 7.11. The topological polar surface area (TPSA) is 12.4 Å². The fraction of sp³-hybridized carbons (Fsp3) is 0.357. The van der Waals surface area contributed by atoms with Gasteiger partial charge in [0.2, 0.25) is 0 Å². The molecular weight excluding hydrogens is 182 g/mol. The minimum atomic E-state index is 0.779. The molecule has 0 rings (SSSR count). The van der Waals surface area contributed by atoms with Gasteiger partial charge in [0, 0.05) is 6.21 Å². The Bertz CT molecular complexity index is 278. The summed E-state index contributed by atoms with van der Waals surface area (Å²) in [7, 11) is 0. The molecule has 0 saturated heterocycles. The van der Waals surface area contributed by atoms with Gasteiger partial charge in [-0.05, 0) is 26.3 Å². The smallest absolute Gasteiger partial charge is 0.0587 e. The van der Waals surface area contributed by atoms with E-state index in [1.54, 1.807) is 12.3 Å². The molecule has 0 aliphatic heterocycles. The van der Waals surface area contributed by atoms with Crippen molar-refractivity contribution in [3.8, 4) is 0 Å². The average molecular weight is 205 g/mol. The van der Waals surface area contributed by atoms with Gasteiger partial charge in [0.15, 0.2) is 0 Å². The Kier molecular flexibility index (Phi) is 11.5. The number of hydrogen-bond donors (Lipinski definition) is 0. The van der Waals surface area contributed by atoms with Gasteiger partial charge in [0.25, 0.3) is 0 Å². The molecule has 0 aromatic carbocycles. The van der Waals surface area contributed by atoms with Crippen molar-refractivity contribution < 1.29 is 0 Å². The highest BCUT2D eigenvalue weighted by Crippen LogP contribution is 2.10. The minimum Gasteiger partial charge on any atom is -0.257 e. The Morgan fingerprint density at radius 1 is 1.20 bits per heavy atom. The molecule has 0 spiro atoms. The van der Waals surface area contributed by atoms with E-state index in [0.29, 0.717) is 0 Å². The van der Waals surface area contributed by atoms with E-state index in [2.05, 4.69) is 24.2 Å². The van der Waals surface area contributed by atoms with Crippen LogP contribution < -0.4 is 0 Å². The first-order valence-electron chi connectivity index (χ1n) is 5.27. The first kappa shape index (κ1) is 16.1. The summed E-state index contributed by atoms with van der Waals surface area (Å²) < 4.78 is 0. The molecule has 0 N–H and O–H groups in total. The lowest BCUT2D eigenvalue weighted by molar-refractivity contribution is 1.29. The van der Waals surface area contributed by atoms with Gasteiger partial charge >= 0.3 is 0 Å². The Morgan fingerprint density at radius 2 is 1.73 bits per heavy atom. The second-order valence-electron chi connectivity index (χ2n) is 2.82. The predicted molar refractivity (Wildman–Crippen MR) is 72.4 cm³/mol. The van der Waals surface area contributed by atoms with Crippen LogP contribution >= 0.6 is 0 Å². The number of aliphatic imine (C=N–C) groups is 1. The van der Waals surface area contributed by atoms with Crippen LogP contribution in [0.15, 0.2) is 53.2 Å². The quantitative estimate of drug-likeness (QED) is 0.466. The number of rotatable bonds is 4. The zero-order valence-corrected chi connectivity index (χ0v) is 10.7. The summed E-state index contributed by atoms with van der Waals surface area (Å²) in [6, 6.07) is 0. The van der Waals surface area contributed by atoms with Gasteiger partial charge in [0.05, 0.1) is 5.70 Å². The average Bonchev–Trinajstić information content (AvgIpc) is 2.28. The lowest BCUT2D eigenvalue weighted by Crippen LogP contribution is -1.81. The summed E-state index contributed by atoms with van der Waals surface area (Å²) in [6.07, 6.45) is 7.39. The molecule has 0 aliphatic carbocycles. The molecule has 1 nitrogen and oxygen atoms in total. The van der Waals surface area contributed by atoms with Crippen molar-refractivity contribution in [2.45, 2.75) is 34.6 Å². The van der Waals surface area contributed by atoms with E-state index in [0.717, 1.165) is 11.3 Å². The van der Waals surface area contributed by atoms with Crippen molar-refractivity contribution in [2.75, 3.05) is 0 Å². The van der Waals surface area contributed by atoms with Gasteiger partial charge in [0.1, 0.15) is 0 Å². The van der Waals surface area contributed by atoms with Crippen molar-refractivity contribution >= 4 is 6.21 Å². The van der Waals surface area contributed by atoms with Crippen LogP contribution in [0, 0.1) is 0 Å². The van der Waals surface area contributed by atoms with Crippen molar-refractivity contribution in [2.24, 2.45) is 4.99 Å². The van der Waals surface area contributed by atoms with Crippen LogP contribution in [0.1, 0.15) is 34.6 Å². The molecule has 15 heavy (non-hydrogen) atoms. The second kappa shape index (κ2) is 10.7. The molecule has 0 amide bonds. The van der Waals surface area contributed by atoms with E-state index in [9.17, 15) is 0 Å². The summed E-state index contributed by atoms with van der Waals surface area (Å²) in [4.78, 5) is 4.10. The number of allylic oxidation sites excluding steroid dienone is 5. The molecule has 0 fully saturated rings. The van der Waals surface area contributed by atoms with E-state index in [-0.39, 0.29) is 0 Å². The summed E-state index contributed by atoms with van der Waals surface area (Å²) in [5, 5.41) is 0. The van der Waals surface area contributed by atoms with Crippen molar-refractivity contribution in [1.82, 2.24) is 0 Å². The maximum atomic E-state index is 4.10. The molecule has 84 valence electrons. The highest BCUT2D eigenvalue weighted by Gasteiger charge is 1.92. The molecule has 0 saturated carbocycles. The molecule has 0 aromatic rings. The Balaban J connectivity index is 0. The van der Waals surface area contributed by atoms with E-state index in [1.165, 1.54) is 5.57 Å². The highest BCUT2D eigenvalue weighted by atomic mass is 14.7. The highest BCUT2D eigenvalue weighted by molar-refractivity contribution is 5.71. The van der Waals surface area contributed by atoms with Crippen LogP contribution in [-0.4, -0.2) is 6.21 Å².